The molecule has 0 N–H and O–H groups in total. The van der Waals surface area contributed by atoms with Crippen LogP contribution in [0.15, 0.2) is 158 Å². The molecule has 0 aliphatic heterocycles. The van der Waals surface area contributed by atoms with Gasteiger partial charge in [0, 0.05) is 0 Å². The lowest BCUT2D eigenvalue weighted by Crippen LogP contribution is -1.94. The van der Waals surface area contributed by atoms with E-state index >= 15 is 0 Å². The largest absolute Gasteiger partial charge is 0.0619 e. The Morgan fingerprint density at radius 1 is 0.302 bits per heavy atom. The highest BCUT2D eigenvalue weighted by Crippen LogP contribution is 2.48. The van der Waals surface area contributed by atoms with E-state index in [1.807, 2.05) is 0 Å². The number of hydrogen-bond acceptors (Lipinski definition) is 0. The van der Waals surface area contributed by atoms with Crippen LogP contribution in [0.25, 0.3) is 76.8 Å². The van der Waals surface area contributed by atoms with Crippen LogP contribution in [0.3, 0.4) is 0 Å². The topological polar surface area (TPSA) is 0 Å². The molecule has 0 saturated carbocycles. The molecule has 8 aromatic carbocycles. The Labute approximate surface area is 251 Å². The molecule has 9 rings (SSSR count). The molecule has 0 bridgehead atoms. The summed E-state index contributed by atoms with van der Waals surface area (Å²) >= 11 is 0. The minimum atomic E-state index is 0.974. The summed E-state index contributed by atoms with van der Waals surface area (Å²) in [6.45, 7) is 0. The molecular weight excluding hydrogens is 516 g/mol. The summed E-state index contributed by atoms with van der Waals surface area (Å²) < 4.78 is 0. The number of hydrogen-bond donors (Lipinski definition) is 0. The summed E-state index contributed by atoms with van der Waals surface area (Å²) in [4.78, 5) is 0. The monoisotopic (exact) mass is 544 g/mol. The molecule has 0 aromatic heterocycles. The van der Waals surface area contributed by atoms with Crippen molar-refractivity contribution < 1.29 is 0 Å². The van der Waals surface area contributed by atoms with Crippen molar-refractivity contribution in [1.29, 1.82) is 0 Å². The van der Waals surface area contributed by atoms with Crippen molar-refractivity contribution in [3.63, 3.8) is 0 Å². The lowest BCUT2D eigenvalue weighted by molar-refractivity contribution is 1.27. The normalized spacial score (nSPS) is 12.1. The van der Waals surface area contributed by atoms with Crippen molar-refractivity contribution in [1.82, 2.24) is 0 Å². The van der Waals surface area contributed by atoms with Gasteiger partial charge < -0.3 is 0 Å². The van der Waals surface area contributed by atoms with Crippen LogP contribution in [0.4, 0.5) is 0 Å². The third-order valence-electron chi connectivity index (χ3n) is 9.33. The van der Waals surface area contributed by atoms with Crippen LogP contribution in [0.2, 0.25) is 0 Å². The molecule has 43 heavy (non-hydrogen) atoms. The van der Waals surface area contributed by atoms with Gasteiger partial charge in [0.1, 0.15) is 0 Å². The van der Waals surface area contributed by atoms with Gasteiger partial charge in [-0.1, -0.05) is 158 Å². The highest BCUT2D eigenvalue weighted by Gasteiger charge is 2.24. The fourth-order valence-corrected chi connectivity index (χ4v) is 7.41. The predicted molar refractivity (Wildman–Crippen MR) is 184 cm³/mol. The zero-order valence-electron chi connectivity index (χ0n) is 23.7. The van der Waals surface area contributed by atoms with Gasteiger partial charge in [-0.05, 0) is 94.4 Å². The van der Waals surface area contributed by atoms with E-state index < -0.39 is 0 Å². The van der Waals surface area contributed by atoms with E-state index in [9.17, 15) is 0 Å². The summed E-state index contributed by atoms with van der Waals surface area (Å²) in [5.41, 5.74) is 13.3. The predicted octanol–water partition coefficient (Wildman–Crippen LogP) is 11.7. The molecule has 0 radical (unpaired) electrons. The van der Waals surface area contributed by atoms with E-state index in [2.05, 4.69) is 158 Å². The van der Waals surface area contributed by atoms with Gasteiger partial charge in [-0.3, -0.25) is 0 Å². The molecule has 0 heterocycles. The Hall–Kier alpha value is -5.46. The van der Waals surface area contributed by atoms with Gasteiger partial charge in [-0.25, -0.2) is 0 Å². The maximum Gasteiger partial charge on any atom is -0.000728 e. The first-order chi connectivity index (χ1) is 21.3. The Bertz CT molecular complexity index is 2290. The average molecular weight is 545 g/mol. The van der Waals surface area contributed by atoms with Gasteiger partial charge in [0.25, 0.3) is 0 Å². The number of benzene rings is 8. The lowest BCUT2D eigenvalue weighted by atomic mass is 9.84. The maximum atomic E-state index is 2.33. The zero-order chi connectivity index (χ0) is 28.3. The first-order valence-corrected chi connectivity index (χ1v) is 15.1. The summed E-state index contributed by atoms with van der Waals surface area (Å²) in [6.07, 6.45) is 0.974. The Morgan fingerprint density at radius 2 is 0.791 bits per heavy atom. The second-order valence-electron chi connectivity index (χ2n) is 11.6. The highest BCUT2D eigenvalue weighted by atomic mass is 14.3. The molecular formula is C43H28. The van der Waals surface area contributed by atoms with Crippen molar-refractivity contribution in [3.05, 3.63) is 169 Å². The molecule has 1 aliphatic carbocycles. The Morgan fingerprint density at radius 3 is 1.53 bits per heavy atom. The van der Waals surface area contributed by atoms with Crippen molar-refractivity contribution in [3.8, 4) is 44.5 Å². The van der Waals surface area contributed by atoms with E-state index in [0.717, 1.165) is 6.42 Å². The van der Waals surface area contributed by atoms with E-state index in [-0.39, 0.29) is 0 Å². The quantitative estimate of drug-likeness (QED) is 0.194. The highest BCUT2D eigenvalue weighted by molar-refractivity contribution is 6.22. The Kier molecular flexibility index (Phi) is 5.36. The zero-order valence-corrected chi connectivity index (χ0v) is 23.7. The van der Waals surface area contributed by atoms with Crippen molar-refractivity contribution in [2.75, 3.05) is 0 Å². The van der Waals surface area contributed by atoms with Crippen LogP contribution in [-0.4, -0.2) is 0 Å². The average Bonchev–Trinajstić information content (AvgIpc) is 3.46. The molecule has 0 heteroatoms. The van der Waals surface area contributed by atoms with E-state index in [4.69, 9.17) is 0 Å². The fourth-order valence-electron chi connectivity index (χ4n) is 7.41. The molecule has 1 aliphatic rings. The van der Waals surface area contributed by atoms with Crippen LogP contribution < -0.4 is 0 Å². The van der Waals surface area contributed by atoms with Gasteiger partial charge >= 0.3 is 0 Å². The van der Waals surface area contributed by atoms with Gasteiger partial charge in [0.2, 0.25) is 0 Å². The minimum Gasteiger partial charge on any atom is -0.0619 e. The molecule has 0 unspecified atom stereocenters. The van der Waals surface area contributed by atoms with Crippen molar-refractivity contribution in [2.24, 2.45) is 0 Å². The standard InChI is InChI=1S/C43H28/c1-3-14-32-28(11-1)13-9-20-33(32)29-23-25-30(26-24-29)42-36-16-5-7-18-38(36)43(39-19-8-6-17-37(39)42)40-22-10-21-35-34-15-4-2-12-31(34)27-41(35)40/h1-26H,27H2. The van der Waals surface area contributed by atoms with Crippen LogP contribution in [0.1, 0.15) is 11.1 Å². The maximum absolute atomic E-state index is 2.33. The minimum absolute atomic E-state index is 0.974. The third kappa shape index (κ3) is 3.70. The van der Waals surface area contributed by atoms with Crippen molar-refractivity contribution in [2.45, 2.75) is 6.42 Å². The smallest absolute Gasteiger partial charge is 0.000728 e. The second kappa shape index (κ2) is 9.54. The fraction of sp³-hybridized carbons (Fsp3) is 0.0233. The summed E-state index contributed by atoms with van der Waals surface area (Å²) in [5, 5.41) is 7.75. The van der Waals surface area contributed by atoms with Gasteiger partial charge in [0.15, 0.2) is 0 Å². The molecule has 0 atom stereocenters. The molecule has 0 fully saturated rings. The molecule has 0 amide bonds. The van der Waals surface area contributed by atoms with Crippen molar-refractivity contribution >= 4 is 32.3 Å². The summed E-state index contributed by atoms with van der Waals surface area (Å²) in [7, 11) is 0. The molecule has 0 spiro atoms. The van der Waals surface area contributed by atoms with Crippen LogP contribution in [0, 0.1) is 0 Å². The summed E-state index contributed by atoms with van der Waals surface area (Å²) in [5.74, 6) is 0. The number of fused-ring (bicyclic) bond motifs is 6. The van der Waals surface area contributed by atoms with E-state index in [1.165, 1.54) is 88.0 Å². The van der Waals surface area contributed by atoms with Crippen LogP contribution in [0.5, 0.6) is 0 Å². The lowest BCUT2D eigenvalue weighted by Gasteiger charge is -2.19. The van der Waals surface area contributed by atoms with Gasteiger partial charge in [-0.15, -0.1) is 0 Å². The van der Waals surface area contributed by atoms with Crippen LogP contribution in [-0.2, 0) is 6.42 Å². The van der Waals surface area contributed by atoms with E-state index in [0.29, 0.717) is 0 Å². The third-order valence-corrected chi connectivity index (χ3v) is 9.33. The number of rotatable bonds is 3. The van der Waals surface area contributed by atoms with Gasteiger partial charge in [0.05, 0.1) is 0 Å². The second-order valence-corrected chi connectivity index (χ2v) is 11.6. The first kappa shape index (κ1) is 24.2. The SMILES string of the molecule is c1ccc2c(c1)Cc1c-2cccc1-c1c2ccccc2c(-c2ccc(-c3cccc4ccccc34)cc2)c2ccccc12. The Balaban J connectivity index is 1.27. The van der Waals surface area contributed by atoms with Gasteiger partial charge in [-0.2, -0.15) is 0 Å². The molecule has 0 saturated heterocycles. The molecule has 8 aromatic rings. The molecule has 200 valence electrons. The summed E-state index contributed by atoms with van der Waals surface area (Å²) in [6, 6.07) is 58.1. The molecule has 0 nitrogen and oxygen atoms in total. The van der Waals surface area contributed by atoms with E-state index in [1.54, 1.807) is 0 Å². The van der Waals surface area contributed by atoms with Crippen LogP contribution >= 0.6 is 0 Å². The first-order valence-electron chi connectivity index (χ1n) is 15.1.